The second-order valence-corrected chi connectivity index (χ2v) is 5.28. The molecule has 2 rings (SSSR count). The summed E-state index contributed by atoms with van der Waals surface area (Å²) in [5, 5.41) is 0. The summed E-state index contributed by atoms with van der Waals surface area (Å²) in [4.78, 5) is 15.2. The topological polar surface area (TPSA) is 20.3 Å². The number of aryl methyl sites for hydroxylation is 1. The van der Waals surface area contributed by atoms with Crippen molar-refractivity contribution in [2.75, 3.05) is 11.4 Å². The fourth-order valence-electron chi connectivity index (χ4n) is 2.23. The molecule has 2 aromatic rings. The van der Waals surface area contributed by atoms with E-state index in [1.165, 1.54) is 0 Å². The Morgan fingerprint density at radius 1 is 1.10 bits per heavy atom. The highest BCUT2D eigenvalue weighted by Gasteiger charge is 2.15. The van der Waals surface area contributed by atoms with E-state index in [2.05, 4.69) is 12.6 Å². The lowest BCUT2D eigenvalue weighted by Gasteiger charge is -2.23. The normalized spacial score (nSPS) is 10.3. The Bertz CT molecular complexity index is 592. The lowest BCUT2D eigenvalue weighted by molar-refractivity contribution is -0.117. The third kappa shape index (κ3) is 3.42. The fraction of sp³-hybridized carbons (Fsp3) is 0.235. The summed E-state index contributed by atoms with van der Waals surface area (Å²) in [6.07, 6.45) is 0.413. The number of carbonyl (C=O) groups is 1. The van der Waals surface area contributed by atoms with Crippen LogP contribution < -0.4 is 4.90 Å². The monoisotopic (exact) mass is 285 g/mol. The molecule has 0 saturated carbocycles. The highest BCUT2D eigenvalue weighted by atomic mass is 32.1. The van der Waals surface area contributed by atoms with Crippen molar-refractivity contribution in [2.24, 2.45) is 0 Å². The molecule has 0 aromatic heterocycles. The maximum Gasteiger partial charge on any atom is 0.231 e. The summed E-state index contributed by atoms with van der Waals surface area (Å²) in [5.74, 6) is 0.119. The first kappa shape index (κ1) is 14.7. The van der Waals surface area contributed by atoms with Gasteiger partial charge in [-0.1, -0.05) is 30.3 Å². The summed E-state index contributed by atoms with van der Waals surface area (Å²) >= 11 is 4.26. The zero-order valence-electron chi connectivity index (χ0n) is 11.8. The summed E-state index contributed by atoms with van der Waals surface area (Å²) in [6.45, 7) is 4.70. The van der Waals surface area contributed by atoms with Gasteiger partial charge in [0.05, 0.1) is 6.42 Å². The van der Waals surface area contributed by atoms with Crippen molar-refractivity contribution in [1.29, 1.82) is 0 Å². The largest absolute Gasteiger partial charge is 0.312 e. The molecule has 104 valence electrons. The second-order valence-electron chi connectivity index (χ2n) is 4.77. The van der Waals surface area contributed by atoms with Crippen LogP contribution in [0.1, 0.15) is 18.1 Å². The maximum absolute atomic E-state index is 12.5. The van der Waals surface area contributed by atoms with Crippen molar-refractivity contribution < 1.29 is 4.79 Å². The van der Waals surface area contributed by atoms with E-state index < -0.39 is 0 Å². The summed E-state index contributed by atoms with van der Waals surface area (Å²) in [5.41, 5.74) is 3.12. The highest BCUT2D eigenvalue weighted by molar-refractivity contribution is 7.80. The molecule has 0 radical (unpaired) electrons. The average molecular weight is 285 g/mol. The van der Waals surface area contributed by atoms with Gasteiger partial charge in [-0.2, -0.15) is 0 Å². The third-order valence-corrected chi connectivity index (χ3v) is 3.61. The zero-order chi connectivity index (χ0) is 14.5. The number of amides is 1. The van der Waals surface area contributed by atoms with Crippen LogP contribution in [0.3, 0.4) is 0 Å². The summed E-state index contributed by atoms with van der Waals surface area (Å²) < 4.78 is 0. The summed E-state index contributed by atoms with van der Waals surface area (Å²) in [6, 6.07) is 15.7. The molecule has 0 bridgehead atoms. The molecule has 0 heterocycles. The minimum atomic E-state index is 0.119. The molecule has 20 heavy (non-hydrogen) atoms. The smallest absolute Gasteiger partial charge is 0.231 e. The van der Waals surface area contributed by atoms with Crippen molar-refractivity contribution in [1.82, 2.24) is 0 Å². The van der Waals surface area contributed by atoms with Crippen molar-refractivity contribution >= 4 is 24.2 Å². The molecule has 0 aliphatic carbocycles. The Labute approximate surface area is 125 Å². The highest BCUT2D eigenvalue weighted by Crippen LogP contribution is 2.20. The number of hydrogen-bond acceptors (Lipinski definition) is 2. The van der Waals surface area contributed by atoms with Crippen LogP contribution in [0.4, 0.5) is 5.69 Å². The molecule has 0 unspecified atom stereocenters. The van der Waals surface area contributed by atoms with Crippen LogP contribution >= 0.6 is 12.6 Å². The quantitative estimate of drug-likeness (QED) is 0.845. The molecular formula is C17H19NOS. The number of hydrogen-bond donors (Lipinski definition) is 1. The van der Waals surface area contributed by atoms with Gasteiger partial charge in [0.1, 0.15) is 0 Å². The Balaban J connectivity index is 2.18. The number of para-hydroxylation sites is 1. The van der Waals surface area contributed by atoms with Crippen LogP contribution in [0.5, 0.6) is 0 Å². The molecule has 0 atom stereocenters. The maximum atomic E-state index is 12.5. The van der Waals surface area contributed by atoms with Gasteiger partial charge in [-0.3, -0.25) is 4.79 Å². The predicted molar refractivity (Wildman–Crippen MR) is 86.6 cm³/mol. The van der Waals surface area contributed by atoms with Crippen LogP contribution in [0.15, 0.2) is 53.4 Å². The van der Waals surface area contributed by atoms with Gasteiger partial charge in [0.2, 0.25) is 5.91 Å². The number of anilines is 1. The Morgan fingerprint density at radius 3 is 2.35 bits per heavy atom. The van der Waals surface area contributed by atoms with E-state index in [1.807, 2.05) is 67.3 Å². The first-order valence-electron chi connectivity index (χ1n) is 6.75. The SMILES string of the molecule is CCN(C(=O)Cc1ccc(S)cc1)c1ccccc1C. The number of nitrogens with zero attached hydrogens (tertiary/aromatic N) is 1. The van der Waals surface area contributed by atoms with Crippen LogP contribution in [0.2, 0.25) is 0 Å². The first-order valence-corrected chi connectivity index (χ1v) is 7.20. The van der Waals surface area contributed by atoms with Gasteiger partial charge in [0.25, 0.3) is 0 Å². The van der Waals surface area contributed by atoms with Crippen LogP contribution in [-0.2, 0) is 11.2 Å². The van der Waals surface area contributed by atoms with Gasteiger partial charge in [-0.25, -0.2) is 0 Å². The zero-order valence-corrected chi connectivity index (χ0v) is 12.7. The molecule has 2 aromatic carbocycles. The molecule has 0 aliphatic heterocycles. The molecular weight excluding hydrogens is 266 g/mol. The van der Waals surface area contributed by atoms with Gasteiger partial charge in [-0.15, -0.1) is 12.6 Å². The number of benzene rings is 2. The standard InChI is InChI=1S/C17H19NOS/c1-3-18(16-7-5-4-6-13(16)2)17(19)12-14-8-10-15(20)11-9-14/h4-11,20H,3,12H2,1-2H3. The minimum Gasteiger partial charge on any atom is -0.312 e. The van der Waals surface area contributed by atoms with E-state index in [4.69, 9.17) is 0 Å². The molecule has 0 N–H and O–H groups in total. The van der Waals surface area contributed by atoms with Crippen molar-refractivity contribution in [3.8, 4) is 0 Å². The average Bonchev–Trinajstić information content (AvgIpc) is 2.44. The second kappa shape index (κ2) is 6.62. The van der Waals surface area contributed by atoms with Gasteiger partial charge < -0.3 is 4.90 Å². The van der Waals surface area contributed by atoms with Crippen molar-refractivity contribution in [3.63, 3.8) is 0 Å². The number of rotatable bonds is 4. The van der Waals surface area contributed by atoms with Crippen molar-refractivity contribution in [3.05, 3.63) is 59.7 Å². The van der Waals surface area contributed by atoms with Gasteiger partial charge >= 0.3 is 0 Å². The number of likely N-dealkylation sites (N-methyl/N-ethyl adjacent to an activating group) is 1. The molecule has 2 nitrogen and oxygen atoms in total. The van der Waals surface area contributed by atoms with E-state index in [1.54, 1.807) is 0 Å². The fourth-order valence-corrected chi connectivity index (χ4v) is 2.38. The lowest BCUT2D eigenvalue weighted by atomic mass is 10.1. The predicted octanol–water partition coefficient (Wildman–Crippen LogP) is 3.88. The van der Waals surface area contributed by atoms with E-state index in [0.717, 1.165) is 21.7 Å². The molecule has 0 saturated heterocycles. The molecule has 0 spiro atoms. The lowest BCUT2D eigenvalue weighted by Crippen LogP contribution is -2.32. The van der Waals surface area contributed by atoms with Crippen LogP contribution in [0, 0.1) is 6.92 Å². The first-order chi connectivity index (χ1) is 9.61. The van der Waals surface area contributed by atoms with E-state index >= 15 is 0 Å². The van der Waals surface area contributed by atoms with Crippen LogP contribution in [-0.4, -0.2) is 12.5 Å². The Morgan fingerprint density at radius 2 is 1.75 bits per heavy atom. The Kier molecular flexibility index (Phi) is 4.85. The summed E-state index contributed by atoms with van der Waals surface area (Å²) in [7, 11) is 0. The van der Waals surface area contributed by atoms with Crippen molar-refractivity contribution in [2.45, 2.75) is 25.2 Å². The molecule has 3 heteroatoms. The molecule has 0 aliphatic rings. The van der Waals surface area contributed by atoms with Crippen LogP contribution in [0.25, 0.3) is 0 Å². The number of thiol groups is 1. The number of carbonyl (C=O) groups excluding carboxylic acids is 1. The molecule has 0 fully saturated rings. The van der Waals surface area contributed by atoms with E-state index in [0.29, 0.717) is 13.0 Å². The Hall–Kier alpha value is -1.74. The third-order valence-electron chi connectivity index (χ3n) is 3.32. The van der Waals surface area contributed by atoms with Gasteiger partial charge in [0.15, 0.2) is 0 Å². The molecule has 1 amide bonds. The minimum absolute atomic E-state index is 0.119. The van der Waals surface area contributed by atoms with Gasteiger partial charge in [-0.05, 0) is 43.2 Å². The van der Waals surface area contributed by atoms with E-state index in [9.17, 15) is 4.79 Å². The van der Waals surface area contributed by atoms with E-state index in [-0.39, 0.29) is 5.91 Å². The van der Waals surface area contributed by atoms with Gasteiger partial charge in [0, 0.05) is 17.1 Å².